The number of sulfonamides is 1. The summed E-state index contributed by atoms with van der Waals surface area (Å²) in [6.45, 7) is 4.58. The van der Waals surface area contributed by atoms with E-state index in [2.05, 4.69) is 10.6 Å². The lowest BCUT2D eigenvalue weighted by Gasteiger charge is -2.33. The van der Waals surface area contributed by atoms with E-state index >= 15 is 0 Å². The van der Waals surface area contributed by atoms with Crippen LogP contribution in [0.2, 0.25) is 0 Å². The van der Waals surface area contributed by atoms with Crippen molar-refractivity contribution in [2.75, 3.05) is 31.5 Å². The molecule has 2 saturated heterocycles. The number of anilines is 1. The van der Waals surface area contributed by atoms with E-state index in [1.54, 1.807) is 28.6 Å². The average molecular weight is 374 g/mol. The lowest BCUT2D eigenvalue weighted by Crippen LogP contribution is -2.39. The fourth-order valence-corrected chi connectivity index (χ4v) is 5.08. The highest BCUT2D eigenvalue weighted by Gasteiger charge is 2.43. The van der Waals surface area contributed by atoms with E-state index in [-0.39, 0.29) is 28.6 Å². The number of piperidine rings is 1. The predicted octanol–water partition coefficient (Wildman–Crippen LogP) is 1.83. The molecule has 0 atom stereocenters. The second-order valence-corrected chi connectivity index (χ2v) is 8.48. The summed E-state index contributed by atoms with van der Waals surface area (Å²) >= 11 is 0. The Balaban J connectivity index is 0.00000208. The van der Waals surface area contributed by atoms with Crippen LogP contribution in [0, 0.1) is 5.41 Å². The molecule has 2 N–H and O–H groups in total. The molecule has 0 bridgehead atoms. The minimum atomic E-state index is -3.46. The van der Waals surface area contributed by atoms with Crippen LogP contribution in [-0.2, 0) is 14.8 Å². The van der Waals surface area contributed by atoms with E-state index in [9.17, 15) is 13.2 Å². The van der Waals surface area contributed by atoms with Gasteiger partial charge in [0.1, 0.15) is 0 Å². The van der Waals surface area contributed by atoms with Crippen LogP contribution in [0.4, 0.5) is 5.69 Å². The minimum Gasteiger partial charge on any atom is -0.326 e. The maximum Gasteiger partial charge on any atom is 0.243 e. The number of nitrogens with zero attached hydrogens (tertiary/aromatic N) is 1. The highest BCUT2D eigenvalue weighted by atomic mass is 35.5. The Morgan fingerprint density at radius 3 is 2.38 bits per heavy atom. The van der Waals surface area contributed by atoms with Gasteiger partial charge in [0.25, 0.3) is 0 Å². The Morgan fingerprint density at radius 2 is 1.79 bits per heavy atom. The summed E-state index contributed by atoms with van der Waals surface area (Å²) < 4.78 is 27.3. The highest BCUT2D eigenvalue weighted by Crippen LogP contribution is 2.40. The first kappa shape index (κ1) is 19.2. The molecule has 0 saturated carbocycles. The molecule has 0 aromatic heterocycles. The van der Waals surface area contributed by atoms with Crippen LogP contribution in [0.15, 0.2) is 29.2 Å². The van der Waals surface area contributed by atoms with E-state index in [0.717, 1.165) is 32.4 Å². The third-order valence-corrected chi connectivity index (χ3v) is 6.74. The Bertz CT molecular complexity index is 685. The number of rotatable bonds is 3. The first-order valence-corrected chi connectivity index (χ1v) is 9.44. The monoisotopic (exact) mass is 373 g/mol. The number of hydrogen-bond donors (Lipinski definition) is 2. The quantitative estimate of drug-likeness (QED) is 0.847. The molecule has 134 valence electrons. The molecule has 0 unspecified atom stereocenters. The third kappa shape index (κ3) is 3.91. The average Bonchev–Trinajstić information content (AvgIpc) is 2.92. The summed E-state index contributed by atoms with van der Waals surface area (Å²) in [6.07, 6.45) is 3.03. The van der Waals surface area contributed by atoms with Gasteiger partial charge in [-0.3, -0.25) is 4.79 Å². The van der Waals surface area contributed by atoms with Crippen molar-refractivity contribution in [2.24, 2.45) is 5.41 Å². The van der Waals surface area contributed by atoms with Crippen molar-refractivity contribution >= 4 is 34.0 Å². The molecule has 24 heavy (non-hydrogen) atoms. The van der Waals surface area contributed by atoms with Crippen molar-refractivity contribution in [3.63, 3.8) is 0 Å². The number of carbonyl (C=O) groups is 1. The zero-order chi connectivity index (χ0) is 16.5. The maximum atomic E-state index is 12.8. The first-order chi connectivity index (χ1) is 10.9. The Labute approximate surface area is 149 Å². The number of hydrogen-bond acceptors (Lipinski definition) is 4. The number of carbonyl (C=O) groups excluding carboxylic acids is 1. The number of benzene rings is 1. The molecule has 2 aliphatic rings. The summed E-state index contributed by atoms with van der Waals surface area (Å²) in [4.78, 5) is 11.3. The van der Waals surface area contributed by atoms with Gasteiger partial charge < -0.3 is 10.6 Å². The van der Waals surface area contributed by atoms with E-state index < -0.39 is 10.0 Å². The maximum absolute atomic E-state index is 12.8. The van der Waals surface area contributed by atoms with Gasteiger partial charge in [0.2, 0.25) is 15.9 Å². The number of nitrogens with one attached hydrogen (secondary N) is 2. The summed E-state index contributed by atoms with van der Waals surface area (Å²) in [5, 5.41) is 5.99. The van der Waals surface area contributed by atoms with Gasteiger partial charge in [0.15, 0.2) is 0 Å². The first-order valence-electron chi connectivity index (χ1n) is 8.00. The van der Waals surface area contributed by atoms with E-state index in [1.807, 2.05) is 0 Å². The highest BCUT2D eigenvalue weighted by molar-refractivity contribution is 7.89. The minimum absolute atomic E-state index is 0. The molecule has 2 aliphatic heterocycles. The van der Waals surface area contributed by atoms with E-state index in [0.29, 0.717) is 18.8 Å². The molecule has 8 heteroatoms. The molecule has 1 aromatic rings. The molecule has 1 aromatic carbocycles. The van der Waals surface area contributed by atoms with Crippen molar-refractivity contribution < 1.29 is 13.2 Å². The van der Waals surface area contributed by atoms with E-state index in [1.165, 1.54) is 6.92 Å². The van der Waals surface area contributed by atoms with Crippen molar-refractivity contribution in [1.82, 2.24) is 9.62 Å². The Hall–Kier alpha value is -1.15. The summed E-state index contributed by atoms with van der Waals surface area (Å²) in [5.41, 5.74) is 0.752. The van der Waals surface area contributed by atoms with Crippen LogP contribution in [0.5, 0.6) is 0 Å². The SMILES string of the molecule is CC(=O)Nc1ccc(S(=O)(=O)N2CCC3(CCNCC3)C2)cc1.Cl. The van der Waals surface area contributed by atoms with Crippen LogP contribution in [0.1, 0.15) is 26.2 Å². The van der Waals surface area contributed by atoms with Crippen molar-refractivity contribution in [2.45, 2.75) is 31.1 Å². The zero-order valence-corrected chi connectivity index (χ0v) is 15.4. The smallest absolute Gasteiger partial charge is 0.243 e. The predicted molar refractivity (Wildman–Crippen MR) is 95.9 cm³/mol. The van der Waals surface area contributed by atoms with Gasteiger partial charge in [-0.05, 0) is 62.0 Å². The topological polar surface area (TPSA) is 78.5 Å². The lowest BCUT2D eigenvalue weighted by molar-refractivity contribution is -0.114. The van der Waals surface area contributed by atoms with Gasteiger partial charge >= 0.3 is 0 Å². The summed E-state index contributed by atoms with van der Waals surface area (Å²) in [6, 6.07) is 6.39. The van der Waals surface area contributed by atoms with Gasteiger partial charge in [-0.25, -0.2) is 8.42 Å². The van der Waals surface area contributed by atoms with Crippen molar-refractivity contribution in [3.05, 3.63) is 24.3 Å². The van der Waals surface area contributed by atoms with Crippen LogP contribution in [0.3, 0.4) is 0 Å². The van der Waals surface area contributed by atoms with Crippen LogP contribution >= 0.6 is 12.4 Å². The van der Waals surface area contributed by atoms with Crippen LogP contribution in [0.25, 0.3) is 0 Å². The third-order valence-electron chi connectivity index (χ3n) is 4.88. The number of halogens is 1. The van der Waals surface area contributed by atoms with Gasteiger partial charge in [0.05, 0.1) is 4.90 Å². The molecule has 0 aliphatic carbocycles. The molecule has 2 fully saturated rings. The molecule has 0 radical (unpaired) electrons. The second-order valence-electron chi connectivity index (χ2n) is 6.54. The summed E-state index contributed by atoms with van der Waals surface area (Å²) in [7, 11) is -3.46. The normalized spacial score (nSPS) is 20.5. The Morgan fingerprint density at radius 1 is 1.17 bits per heavy atom. The molecule has 1 spiro atoms. The van der Waals surface area contributed by atoms with Gasteiger partial charge in [0, 0.05) is 25.7 Å². The van der Waals surface area contributed by atoms with Gasteiger partial charge in [-0.1, -0.05) is 0 Å². The fraction of sp³-hybridized carbons (Fsp3) is 0.562. The van der Waals surface area contributed by atoms with Gasteiger partial charge in [-0.15, -0.1) is 12.4 Å². The second kappa shape index (κ2) is 7.39. The molecule has 2 heterocycles. The lowest BCUT2D eigenvalue weighted by atomic mass is 9.78. The summed E-state index contributed by atoms with van der Waals surface area (Å²) in [5.74, 6) is -0.173. The standard InChI is InChI=1S/C16H23N3O3S.ClH/c1-13(20)18-14-2-4-15(5-3-14)23(21,22)19-11-8-16(12-19)6-9-17-10-7-16;/h2-5,17H,6-12H2,1H3,(H,18,20);1H. The van der Waals surface area contributed by atoms with Crippen LogP contribution in [-0.4, -0.2) is 44.8 Å². The zero-order valence-electron chi connectivity index (χ0n) is 13.7. The molecular weight excluding hydrogens is 350 g/mol. The van der Waals surface area contributed by atoms with Crippen LogP contribution < -0.4 is 10.6 Å². The van der Waals surface area contributed by atoms with Crippen molar-refractivity contribution in [3.8, 4) is 0 Å². The fourth-order valence-electron chi connectivity index (χ4n) is 3.53. The Kier molecular flexibility index (Phi) is 5.91. The number of amides is 1. The molecule has 1 amide bonds. The van der Waals surface area contributed by atoms with Crippen molar-refractivity contribution in [1.29, 1.82) is 0 Å². The molecule has 6 nitrogen and oxygen atoms in total. The largest absolute Gasteiger partial charge is 0.326 e. The van der Waals surface area contributed by atoms with E-state index in [4.69, 9.17) is 0 Å². The van der Waals surface area contributed by atoms with Gasteiger partial charge in [-0.2, -0.15) is 4.31 Å². The molecular formula is C16H24ClN3O3S. The molecule has 3 rings (SSSR count).